The lowest BCUT2D eigenvalue weighted by Crippen LogP contribution is -2.48. The zero-order chi connectivity index (χ0) is 17.9. The van der Waals surface area contributed by atoms with Gasteiger partial charge in [-0.15, -0.1) is 0 Å². The first-order valence-electron chi connectivity index (χ1n) is 9.24. The molecule has 136 valence electrons. The summed E-state index contributed by atoms with van der Waals surface area (Å²) in [6.45, 7) is 5.17. The molecule has 5 heteroatoms. The van der Waals surface area contributed by atoms with E-state index in [4.69, 9.17) is 4.74 Å². The van der Waals surface area contributed by atoms with Crippen molar-refractivity contribution in [2.75, 3.05) is 56.6 Å². The van der Waals surface area contributed by atoms with Crippen molar-refractivity contribution in [3.05, 3.63) is 53.6 Å². The molecular weight excluding hydrogens is 326 g/mol. The molecule has 0 atom stereocenters. The first kappa shape index (κ1) is 16.9. The molecule has 0 bridgehead atoms. The highest BCUT2D eigenvalue weighted by molar-refractivity contribution is 5.98. The molecule has 2 aliphatic rings. The number of nitrogens with zero attached hydrogens (tertiary/aromatic N) is 2. The molecule has 4 rings (SSSR count). The summed E-state index contributed by atoms with van der Waals surface area (Å²) in [6.07, 6.45) is 1.01. The van der Waals surface area contributed by atoms with Gasteiger partial charge in [0, 0.05) is 49.7 Å². The number of carbonyl (C=O) groups excluding carboxylic acids is 1. The molecule has 1 N–H and O–H groups in total. The van der Waals surface area contributed by atoms with Gasteiger partial charge < -0.3 is 15.0 Å². The van der Waals surface area contributed by atoms with Crippen LogP contribution in [-0.2, 0) is 6.42 Å². The third-order valence-corrected chi connectivity index (χ3v) is 5.31. The van der Waals surface area contributed by atoms with Crippen LogP contribution >= 0.6 is 0 Å². The zero-order valence-corrected chi connectivity index (χ0v) is 15.2. The van der Waals surface area contributed by atoms with Gasteiger partial charge in [0.2, 0.25) is 0 Å². The Kier molecular flexibility index (Phi) is 4.80. The van der Waals surface area contributed by atoms with E-state index in [1.807, 2.05) is 24.3 Å². The molecule has 0 spiro atoms. The lowest BCUT2D eigenvalue weighted by atomic mass is 10.0. The van der Waals surface area contributed by atoms with Crippen molar-refractivity contribution < 1.29 is 9.53 Å². The molecule has 1 fully saturated rings. The van der Waals surface area contributed by atoms with E-state index in [1.165, 1.54) is 16.9 Å². The Bertz CT molecular complexity index is 780. The number of piperazine rings is 1. The van der Waals surface area contributed by atoms with Crippen molar-refractivity contribution in [2.45, 2.75) is 6.42 Å². The number of ketones is 1. The summed E-state index contributed by atoms with van der Waals surface area (Å²) in [6, 6.07) is 14.2. The van der Waals surface area contributed by atoms with Gasteiger partial charge in [-0.25, -0.2) is 0 Å². The van der Waals surface area contributed by atoms with E-state index in [0.29, 0.717) is 6.54 Å². The standard InChI is InChI=1S/C21H25N3O2/c1-26-19-5-3-18(4-6-19)24-12-10-23(11-13-24)15-21(25)17-2-7-20-16(14-17)8-9-22-20/h2-7,14,22H,8-13,15H2,1H3. The minimum Gasteiger partial charge on any atom is -0.497 e. The van der Waals surface area contributed by atoms with Gasteiger partial charge in [0.1, 0.15) is 5.75 Å². The number of hydrogen-bond donors (Lipinski definition) is 1. The molecule has 0 unspecified atom stereocenters. The zero-order valence-electron chi connectivity index (χ0n) is 15.2. The Labute approximate surface area is 154 Å². The molecule has 2 heterocycles. The smallest absolute Gasteiger partial charge is 0.176 e. The van der Waals surface area contributed by atoms with E-state index in [1.54, 1.807) is 7.11 Å². The fourth-order valence-electron chi connectivity index (χ4n) is 3.73. The summed E-state index contributed by atoms with van der Waals surface area (Å²) < 4.78 is 5.22. The number of anilines is 2. The van der Waals surface area contributed by atoms with E-state index < -0.39 is 0 Å². The average Bonchev–Trinajstić information content (AvgIpc) is 3.16. The number of hydrogen-bond acceptors (Lipinski definition) is 5. The number of nitrogens with one attached hydrogen (secondary N) is 1. The molecule has 1 saturated heterocycles. The second-order valence-corrected chi connectivity index (χ2v) is 6.93. The lowest BCUT2D eigenvalue weighted by molar-refractivity contribution is 0.0926. The number of ether oxygens (including phenoxy) is 1. The quantitative estimate of drug-likeness (QED) is 0.839. The number of Topliss-reactive ketones (excluding diaryl/α,β-unsaturated/α-hetero) is 1. The van der Waals surface area contributed by atoms with Gasteiger partial charge in [0.25, 0.3) is 0 Å². The highest BCUT2D eigenvalue weighted by Crippen LogP contribution is 2.24. The van der Waals surface area contributed by atoms with Crippen molar-refractivity contribution in [1.29, 1.82) is 0 Å². The molecule has 5 nitrogen and oxygen atoms in total. The Morgan fingerprint density at radius 3 is 2.58 bits per heavy atom. The fourth-order valence-corrected chi connectivity index (χ4v) is 3.73. The third kappa shape index (κ3) is 3.53. The van der Waals surface area contributed by atoms with Gasteiger partial charge in [0.05, 0.1) is 13.7 Å². The van der Waals surface area contributed by atoms with Gasteiger partial charge >= 0.3 is 0 Å². The Morgan fingerprint density at radius 1 is 1.08 bits per heavy atom. The number of fused-ring (bicyclic) bond motifs is 1. The van der Waals surface area contributed by atoms with Crippen LogP contribution in [0.5, 0.6) is 5.75 Å². The van der Waals surface area contributed by atoms with Crippen LogP contribution in [0, 0.1) is 0 Å². The maximum Gasteiger partial charge on any atom is 0.176 e. The monoisotopic (exact) mass is 351 g/mol. The summed E-state index contributed by atoms with van der Waals surface area (Å²) in [4.78, 5) is 17.3. The van der Waals surface area contributed by atoms with Crippen LogP contribution < -0.4 is 15.0 Å². The van der Waals surface area contributed by atoms with Crippen molar-refractivity contribution in [3.63, 3.8) is 0 Å². The molecule has 0 aliphatic carbocycles. The van der Waals surface area contributed by atoms with E-state index >= 15 is 0 Å². The first-order chi connectivity index (χ1) is 12.7. The van der Waals surface area contributed by atoms with Gasteiger partial charge in [-0.05, 0) is 54.4 Å². The largest absolute Gasteiger partial charge is 0.497 e. The van der Waals surface area contributed by atoms with Crippen LogP contribution in [0.4, 0.5) is 11.4 Å². The molecule has 0 aromatic heterocycles. The minimum atomic E-state index is 0.220. The fraction of sp³-hybridized carbons (Fsp3) is 0.381. The first-order valence-corrected chi connectivity index (χ1v) is 9.24. The van der Waals surface area contributed by atoms with Gasteiger partial charge in [-0.3, -0.25) is 9.69 Å². The second kappa shape index (κ2) is 7.38. The summed E-state index contributed by atoms with van der Waals surface area (Å²) in [5, 5.41) is 3.34. The Hall–Kier alpha value is -2.53. The van der Waals surface area contributed by atoms with Crippen molar-refractivity contribution >= 4 is 17.2 Å². The topological polar surface area (TPSA) is 44.8 Å². The number of carbonyl (C=O) groups is 1. The summed E-state index contributed by atoms with van der Waals surface area (Å²) in [7, 11) is 1.68. The van der Waals surface area contributed by atoms with Crippen LogP contribution in [0.15, 0.2) is 42.5 Å². The Morgan fingerprint density at radius 2 is 1.85 bits per heavy atom. The summed E-state index contributed by atoms with van der Waals surface area (Å²) >= 11 is 0. The minimum absolute atomic E-state index is 0.220. The molecule has 26 heavy (non-hydrogen) atoms. The Balaban J connectivity index is 1.32. The molecule has 2 aromatic rings. The van der Waals surface area contributed by atoms with Crippen molar-refractivity contribution in [1.82, 2.24) is 4.90 Å². The van der Waals surface area contributed by atoms with Crippen LogP contribution in [0.2, 0.25) is 0 Å². The van der Waals surface area contributed by atoms with E-state index in [0.717, 1.165) is 50.5 Å². The predicted octanol–water partition coefficient (Wildman–Crippen LogP) is 2.67. The molecular formula is C21H25N3O2. The average molecular weight is 351 g/mol. The summed E-state index contributed by atoms with van der Waals surface area (Å²) in [5.74, 6) is 1.10. The van der Waals surface area contributed by atoms with E-state index in [-0.39, 0.29) is 5.78 Å². The SMILES string of the molecule is COc1ccc(N2CCN(CC(=O)c3ccc4c(c3)CCN4)CC2)cc1. The molecule has 2 aliphatic heterocycles. The molecule has 0 radical (unpaired) electrons. The van der Waals surface area contributed by atoms with Crippen molar-refractivity contribution in [3.8, 4) is 5.75 Å². The maximum atomic E-state index is 12.6. The van der Waals surface area contributed by atoms with Crippen molar-refractivity contribution in [2.24, 2.45) is 0 Å². The highest BCUT2D eigenvalue weighted by Gasteiger charge is 2.21. The second-order valence-electron chi connectivity index (χ2n) is 6.93. The van der Waals surface area contributed by atoms with Crippen LogP contribution in [-0.4, -0.2) is 57.1 Å². The van der Waals surface area contributed by atoms with Gasteiger partial charge in [-0.2, -0.15) is 0 Å². The lowest BCUT2D eigenvalue weighted by Gasteiger charge is -2.35. The van der Waals surface area contributed by atoms with E-state index in [9.17, 15) is 4.79 Å². The third-order valence-electron chi connectivity index (χ3n) is 5.31. The maximum absolute atomic E-state index is 12.6. The van der Waals surface area contributed by atoms with E-state index in [2.05, 4.69) is 33.3 Å². The number of benzene rings is 2. The van der Waals surface area contributed by atoms with Crippen LogP contribution in [0.3, 0.4) is 0 Å². The molecule has 0 saturated carbocycles. The molecule has 2 aromatic carbocycles. The van der Waals surface area contributed by atoms with Gasteiger partial charge in [0.15, 0.2) is 5.78 Å². The summed E-state index contributed by atoms with van der Waals surface area (Å²) in [5.41, 5.74) is 4.49. The number of rotatable bonds is 5. The van der Waals surface area contributed by atoms with Crippen LogP contribution in [0.1, 0.15) is 15.9 Å². The van der Waals surface area contributed by atoms with Crippen LogP contribution in [0.25, 0.3) is 0 Å². The highest BCUT2D eigenvalue weighted by atomic mass is 16.5. The van der Waals surface area contributed by atoms with Gasteiger partial charge in [-0.1, -0.05) is 0 Å². The number of methoxy groups -OCH3 is 1. The predicted molar refractivity (Wildman–Crippen MR) is 105 cm³/mol. The molecule has 0 amide bonds. The normalized spacial score (nSPS) is 16.9.